The third-order valence-electron chi connectivity index (χ3n) is 4.03. The van der Waals surface area contributed by atoms with Gasteiger partial charge in [-0.15, -0.1) is 12.3 Å². The highest BCUT2D eigenvalue weighted by Gasteiger charge is 2.29. The summed E-state index contributed by atoms with van der Waals surface area (Å²) in [5.74, 6) is 2.77. The fourth-order valence-electron chi connectivity index (χ4n) is 2.95. The lowest BCUT2D eigenvalue weighted by Crippen LogP contribution is -2.24. The maximum absolute atomic E-state index is 12.1. The molecule has 0 N–H and O–H groups in total. The first-order chi connectivity index (χ1) is 10.3. The first-order valence-electron chi connectivity index (χ1n) is 6.94. The molecule has 2 aromatic carbocycles. The predicted molar refractivity (Wildman–Crippen MR) is 83.0 cm³/mol. The number of rotatable bonds is 1. The first kappa shape index (κ1) is 12.0. The zero-order chi connectivity index (χ0) is 14.4. The van der Waals surface area contributed by atoms with Crippen molar-refractivity contribution >= 4 is 33.5 Å². The summed E-state index contributed by atoms with van der Waals surface area (Å²) in [6.45, 7) is 0.594. The Morgan fingerprint density at radius 3 is 2.76 bits per heavy atom. The minimum Gasteiger partial charge on any atom is -0.456 e. The molecule has 1 unspecified atom stereocenters. The molecule has 1 aromatic heterocycles. The molecule has 3 aromatic rings. The summed E-state index contributed by atoms with van der Waals surface area (Å²) in [7, 11) is 0. The first-order valence-corrected chi connectivity index (χ1v) is 6.94. The average Bonchev–Trinajstić information content (AvgIpc) is 3.07. The summed E-state index contributed by atoms with van der Waals surface area (Å²) in [4.78, 5) is 13.9. The van der Waals surface area contributed by atoms with E-state index >= 15 is 0 Å². The Morgan fingerprint density at radius 1 is 1.14 bits per heavy atom. The van der Waals surface area contributed by atoms with Gasteiger partial charge in [-0.25, -0.2) is 0 Å². The van der Waals surface area contributed by atoms with E-state index in [9.17, 15) is 4.79 Å². The zero-order valence-corrected chi connectivity index (χ0v) is 11.4. The summed E-state index contributed by atoms with van der Waals surface area (Å²) < 4.78 is 5.80. The molecule has 1 aliphatic rings. The summed E-state index contributed by atoms with van der Waals surface area (Å²) in [6.07, 6.45) is 5.87. The predicted octanol–water partition coefficient (Wildman–Crippen LogP) is 3.57. The van der Waals surface area contributed by atoms with Gasteiger partial charge in [-0.1, -0.05) is 18.2 Å². The standard InChI is InChI=1S/C18H13NO2/c1-2-12-9-18(20)19(11-12)13-7-8-17-15(10-13)14-5-3-4-6-16(14)21-17/h1,3-8,10,12H,9,11H2. The van der Waals surface area contributed by atoms with Crippen LogP contribution in [-0.4, -0.2) is 12.5 Å². The number of fused-ring (bicyclic) bond motifs is 3. The molecule has 0 aliphatic carbocycles. The summed E-state index contributed by atoms with van der Waals surface area (Å²) in [5.41, 5.74) is 2.58. The second-order valence-corrected chi connectivity index (χ2v) is 5.35. The van der Waals surface area contributed by atoms with Crippen molar-refractivity contribution < 1.29 is 9.21 Å². The van der Waals surface area contributed by atoms with E-state index in [0.717, 1.165) is 27.6 Å². The summed E-state index contributed by atoms with van der Waals surface area (Å²) in [6, 6.07) is 13.8. The Bertz CT molecular complexity index is 900. The van der Waals surface area contributed by atoms with Gasteiger partial charge in [0, 0.05) is 35.3 Å². The second-order valence-electron chi connectivity index (χ2n) is 5.35. The van der Waals surface area contributed by atoms with Gasteiger partial charge in [-0.2, -0.15) is 0 Å². The molecular weight excluding hydrogens is 262 g/mol. The maximum atomic E-state index is 12.1. The van der Waals surface area contributed by atoms with E-state index in [-0.39, 0.29) is 11.8 Å². The molecule has 1 fully saturated rings. The van der Waals surface area contributed by atoms with Gasteiger partial charge in [-0.05, 0) is 24.3 Å². The molecule has 1 saturated heterocycles. The van der Waals surface area contributed by atoms with E-state index in [1.807, 2.05) is 42.5 Å². The van der Waals surface area contributed by atoms with Gasteiger partial charge in [-0.3, -0.25) is 4.79 Å². The van der Waals surface area contributed by atoms with Crippen molar-refractivity contribution in [2.24, 2.45) is 5.92 Å². The topological polar surface area (TPSA) is 33.5 Å². The molecule has 1 aliphatic heterocycles. The Kier molecular flexibility index (Phi) is 2.52. The van der Waals surface area contributed by atoms with E-state index < -0.39 is 0 Å². The van der Waals surface area contributed by atoms with Crippen LogP contribution in [0.15, 0.2) is 46.9 Å². The van der Waals surface area contributed by atoms with Crippen molar-refractivity contribution in [3.63, 3.8) is 0 Å². The van der Waals surface area contributed by atoms with Gasteiger partial charge in [0.25, 0.3) is 0 Å². The number of hydrogen-bond donors (Lipinski definition) is 0. The van der Waals surface area contributed by atoms with Crippen molar-refractivity contribution in [2.75, 3.05) is 11.4 Å². The van der Waals surface area contributed by atoms with Crippen LogP contribution in [0.25, 0.3) is 21.9 Å². The van der Waals surface area contributed by atoms with E-state index in [1.54, 1.807) is 4.90 Å². The highest BCUT2D eigenvalue weighted by atomic mass is 16.3. The van der Waals surface area contributed by atoms with Crippen LogP contribution in [-0.2, 0) is 4.79 Å². The largest absolute Gasteiger partial charge is 0.456 e. The van der Waals surface area contributed by atoms with Gasteiger partial charge < -0.3 is 9.32 Å². The molecule has 3 nitrogen and oxygen atoms in total. The molecule has 0 spiro atoms. The number of para-hydroxylation sites is 1. The lowest BCUT2D eigenvalue weighted by Gasteiger charge is -2.15. The van der Waals surface area contributed by atoms with Crippen LogP contribution in [0.3, 0.4) is 0 Å². The Morgan fingerprint density at radius 2 is 1.95 bits per heavy atom. The molecule has 3 heteroatoms. The monoisotopic (exact) mass is 275 g/mol. The molecule has 0 bridgehead atoms. The third kappa shape index (κ3) is 1.80. The molecule has 1 atom stereocenters. The van der Waals surface area contributed by atoms with E-state index in [1.165, 1.54) is 0 Å². The maximum Gasteiger partial charge on any atom is 0.228 e. The molecule has 0 saturated carbocycles. The number of hydrogen-bond acceptors (Lipinski definition) is 2. The number of amides is 1. The quantitative estimate of drug-likeness (QED) is 0.636. The summed E-state index contributed by atoms with van der Waals surface area (Å²) >= 11 is 0. The van der Waals surface area contributed by atoms with E-state index in [2.05, 4.69) is 5.92 Å². The SMILES string of the molecule is C#CC1CC(=O)N(c2ccc3oc4ccccc4c3c2)C1. The van der Waals surface area contributed by atoms with Crippen molar-refractivity contribution in [2.45, 2.75) is 6.42 Å². The normalized spacial score (nSPS) is 18.5. The highest BCUT2D eigenvalue weighted by molar-refractivity contribution is 6.07. The van der Waals surface area contributed by atoms with E-state index in [0.29, 0.717) is 13.0 Å². The Balaban J connectivity index is 1.85. The van der Waals surface area contributed by atoms with Gasteiger partial charge in [0.1, 0.15) is 11.2 Å². The fraction of sp³-hybridized carbons (Fsp3) is 0.167. The van der Waals surface area contributed by atoms with Crippen LogP contribution in [0.2, 0.25) is 0 Å². The molecular formula is C18H13NO2. The van der Waals surface area contributed by atoms with E-state index in [4.69, 9.17) is 10.8 Å². The lowest BCUT2D eigenvalue weighted by molar-refractivity contribution is -0.117. The number of furan rings is 1. The minimum absolute atomic E-state index is 0.00860. The van der Waals surface area contributed by atoms with Gasteiger partial charge in [0.2, 0.25) is 5.91 Å². The van der Waals surface area contributed by atoms with Crippen molar-refractivity contribution in [3.8, 4) is 12.3 Å². The second kappa shape index (κ2) is 4.39. The molecule has 0 radical (unpaired) electrons. The smallest absolute Gasteiger partial charge is 0.228 e. The van der Waals surface area contributed by atoms with Crippen LogP contribution in [0, 0.1) is 18.3 Å². The minimum atomic E-state index is 0.00860. The van der Waals surface area contributed by atoms with Gasteiger partial charge in [0.15, 0.2) is 0 Å². The number of carbonyl (C=O) groups is 1. The number of anilines is 1. The molecule has 21 heavy (non-hydrogen) atoms. The molecule has 1 amide bonds. The van der Waals surface area contributed by atoms with Gasteiger partial charge >= 0.3 is 0 Å². The van der Waals surface area contributed by atoms with Crippen LogP contribution in [0.1, 0.15) is 6.42 Å². The zero-order valence-electron chi connectivity index (χ0n) is 11.4. The molecule has 4 rings (SSSR count). The number of terminal acetylenes is 1. The highest BCUT2D eigenvalue weighted by Crippen LogP contribution is 2.33. The average molecular weight is 275 g/mol. The van der Waals surface area contributed by atoms with Crippen molar-refractivity contribution in [1.29, 1.82) is 0 Å². The van der Waals surface area contributed by atoms with Crippen LogP contribution >= 0.6 is 0 Å². The van der Waals surface area contributed by atoms with Crippen LogP contribution in [0.5, 0.6) is 0 Å². The van der Waals surface area contributed by atoms with Crippen molar-refractivity contribution in [3.05, 3.63) is 42.5 Å². The Hall–Kier alpha value is -2.73. The van der Waals surface area contributed by atoms with Crippen LogP contribution in [0.4, 0.5) is 5.69 Å². The number of carbonyl (C=O) groups excluding carboxylic acids is 1. The van der Waals surface area contributed by atoms with Crippen LogP contribution < -0.4 is 4.90 Å². The van der Waals surface area contributed by atoms with Gasteiger partial charge in [0.05, 0.1) is 0 Å². The Labute approximate surface area is 122 Å². The van der Waals surface area contributed by atoms with Crippen molar-refractivity contribution in [1.82, 2.24) is 0 Å². The fourth-order valence-corrected chi connectivity index (χ4v) is 2.95. The number of benzene rings is 2. The third-order valence-corrected chi connectivity index (χ3v) is 4.03. The summed E-state index contributed by atoms with van der Waals surface area (Å²) in [5, 5.41) is 2.09. The lowest BCUT2D eigenvalue weighted by atomic mass is 10.1. The molecule has 2 heterocycles. The molecule has 102 valence electrons. The number of nitrogens with zero attached hydrogens (tertiary/aromatic N) is 1.